The molecule has 0 fully saturated rings. The van der Waals surface area contributed by atoms with Crippen LogP contribution in [0.1, 0.15) is 58.9 Å². The number of hydrogen-bond donors (Lipinski definition) is 0. The first kappa shape index (κ1) is 19.3. The van der Waals surface area contributed by atoms with Gasteiger partial charge in [-0.05, 0) is 46.7 Å². The summed E-state index contributed by atoms with van der Waals surface area (Å²) in [5, 5.41) is 16.4. The predicted octanol–water partition coefficient (Wildman–Crippen LogP) is 3.64. The number of rotatable bonds is 7. The Labute approximate surface area is 179 Å². The maximum Gasteiger partial charge on any atom is 0.240 e. The highest BCUT2D eigenvalue weighted by molar-refractivity contribution is 5.92. The van der Waals surface area contributed by atoms with E-state index in [0.717, 1.165) is 24.0 Å². The van der Waals surface area contributed by atoms with Gasteiger partial charge in [0.15, 0.2) is 0 Å². The van der Waals surface area contributed by atoms with E-state index in [-0.39, 0.29) is 17.5 Å². The molecule has 0 aliphatic heterocycles. The molecule has 4 aromatic rings. The Hall–Kier alpha value is -3.68. The number of aryl methyl sites for hydroxylation is 2. The highest BCUT2D eigenvalue weighted by Gasteiger charge is 2.27. The number of nitrogens with zero attached hydrogens (tertiary/aromatic N) is 6. The van der Waals surface area contributed by atoms with E-state index in [0.29, 0.717) is 31.1 Å². The minimum atomic E-state index is -0.0769. The summed E-state index contributed by atoms with van der Waals surface area (Å²) in [5.41, 5.74) is 4.44. The molecular formula is C23H22N6O2. The molecule has 2 aromatic carbocycles. The maximum atomic E-state index is 12.8. The van der Waals surface area contributed by atoms with Crippen molar-refractivity contribution in [2.75, 3.05) is 0 Å². The predicted molar refractivity (Wildman–Crippen MR) is 112 cm³/mol. The Kier molecular flexibility index (Phi) is 5.11. The van der Waals surface area contributed by atoms with E-state index < -0.39 is 0 Å². The number of Topliss-reactive ketones (excluding diaryl/α,β-unsaturated/α-hetero) is 1. The van der Waals surface area contributed by atoms with Crippen molar-refractivity contribution in [3.63, 3.8) is 0 Å². The summed E-state index contributed by atoms with van der Waals surface area (Å²) >= 11 is 0. The van der Waals surface area contributed by atoms with Crippen LogP contribution in [0.15, 0.2) is 53.1 Å². The molecule has 1 atom stereocenters. The Morgan fingerprint density at radius 3 is 2.87 bits per heavy atom. The largest absolute Gasteiger partial charge is 0.339 e. The molecule has 5 rings (SSSR count). The van der Waals surface area contributed by atoms with Gasteiger partial charge in [-0.25, -0.2) is 0 Å². The Balaban J connectivity index is 1.27. The van der Waals surface area contributed by atoms with E-state index in [1.807, 2.05) is 43.3 Å². The normalized spacial score (nSPS) is 15.2. The van der Waals surface area contributed by atoms with Crippen LogP contribution in [0, 0.1) is 0 Å². The minimum absolute atomic E-state index is 0.0769. The smallest absolute Gasteiger partial charge is 0.240 e. The molecule has 0 unspecified atom stereocenters. The van der Waals surface area contributed by atoms with Crippen LogP contribution in [0.4, 0.5) is 0 Å². The molecule has 0 N–H and O–H groups in total. The van der Waals surface area contributed by atoms with Crippen molar-refractivity contribution < 1.29 is 9.32 Å². The number of hydrogen-bond acceptors (Lipinski definition) is 7. The molecule has 0 spiro atoms. The zero-order chi connectivity index (χ0) is 21.2. The minimum Gasteiger partial charge on any atom is -0.339 e. The Morgan fingerprint density at radius 2 is 2.06 bits per heavy atom. The standard InChI is InChI=1S/C23H22N6O2/c1-2-21-24-22(27-31-21)18-10-11-19-16(12-18)8-9-17(19)13-20(30)23-25-28-29(26-23)14-15-6-4-3-5-7-15/h3-7,10-12,17H,2,8-9,13-14H2,1H3/t17-/m0/s1. The number of tetrazole rings is 1. The van der Waals surface area contributed by atoms with Crippen LogP contribution >= 0.6 is 0 Å². The van der Waals surface area contributed by atoms with Crippen LogP contribution in [0.25, 0.3) is 11.4 Å². The number of aromatic nitrogens is 6. The Bertz CT molecular complexity index is 1210. The van der Waals surface area contributed by atoms with Crippen LogP contribution in [0.5, 0.6) is 0 Å². The molecule has 8 nitrogen and oxygen atoms in total. The first-order valence-electron chi connectivity index (χ1n) is 10.5. The third-order valence-corrected chi connectivity index (χ3v) is 5.67. The third kappa shape index (κ3) is 4.01. The first-order valence-corrected chi connectivity index (χ1v) is 10.5. The van der Waals surface area contributed by atoms with E-state index in [9.17, 15) is 4.79 Å². The van der Waals surface area contributed by atoms with E-state index in [2.05, 4.69) is 37.7 Å². The SMILES string of the molecule is CCc1nc(-c2ccc3c(c2)CC[C@H]3CC(=O)c2nnn(Cc3ccccc3)n2)no1. The van der Waals surface area contributed by atoms with Gasteiger partial charge in [-0.1, -0.05) is 54.5 Å². The van der Waals surface area contributed by atoms with Crippen molar-refractivity contribution in [1.29, 1.82) is 0 Å². The van der Waals surface area contributed by atoms with Crippen LogP contribution in [0.3, 0.4) is 0 Å². The second kappa shape index (κ2) is 8.22. The molecule has 1 aliphatic rings. The molecule has 31 heavy (non-hydrogen) atoms. The fourth-order valence-corrected chi connectivity index (χ4v) is 4.06. The van der Waals surface area contributed by atoms with Gasteiger partial charge in [0.25, 0.3) is 0 Å². The lowest BCUT2D eigenvalue weighted by atomic mass is 9.94. The molecule has 0 radical (unpaired) electrons. The average Bonchev–Trinajstić information content (AvgIpc) is 3.54. The van der Waals surface area contributed by atoms with Crippen LogP contribution in [-0.2, 0) is 19.4 Å². The fraction of sp³-hybridized carbons (Fsp3) is 0.304. The second-order valence-electron chi connectivity index (χ2n) is 7.77. The van der Waals surface area contributed by atoms with Crippen molar-refractivity contribution in [3.05, 3.63) is 76.9 Å². The van der Waals surface area contributed by atoms with Crippen molar-refractivity contribution in [2.45, 2.75) is 45.1 Å². The van der Waals surface area contributed by atoms with Gasteiger partial charge >= 0.3 is 0 Å². The summed E-state index contributed by atoms with van der Waals surface area (Å²) in [6.45, 7) is 2.47. The first-order chi connectivity index (χ1) is 15.2. The van der Waals surface area contributed by atoms with Gasteiger partial charge in [0.1, 0.15) is 0 Å². The molecule has 2 aromatic heterocycles. The number of fused-ring (bicyclic) bond motifs is 1. The summed E-state index contributed by atoms with van der Waals surface area (Å²) in [6.07, 6.45) is 2.95. The fourth-order valence-electron chi connectivity index (χ4n) is 4.06. The number of ketones is 1. The molecule has 2 heterocycles. The highest BCUT2D eigenvalue weighted by atomic mass is 16.5. The number of benzene rings is 2. The van der Waals surface area contributed by atoms with Gasteiger partial charge in [0.2, 0.25) is 23.3 Å². The maximum absolute atomic E-state index is 12.8. The van der Waals surface area contributed by atoms with Gasteiger partial charge in [-0.15, -0.1) is 10.2 Å². The quantitative estimate of drug-likeness (QED) is 0.426. The van der Waals surface area contributed by atoms with E-state index in [4.69, 9.17) is 4.52 Å². The van der Waals surface area contributed by atoms with Crippen molar-refractivity contribution in [2.24, 2.45) is 0 Å². The lowest BCUT2D eigenvalue weighted by Gasteiger charge is -2.09. The van der Waals surface area contributed by atoms with Crippen LogP contribution in [-0.4, -0.2) is 36.1 Å². The van der Waals surface area contributed by atoms with Gasteiger partial charge in [0, 0.05) is 18.4 Å². The highest BCUT2D eigenvalue weighted by Crippen LogP contribution is 2.37. The van der Waals surface area contributed by atoms with E-state index in [1.54, 1.807) is 0 Å². The second-order valence-corrected chi connectivity index (χ2v) is 7.77. The zero-order valence-corrected chi connectivity index (χ0v) is 17.2. The lowest BCUT2D eigenvalue weighted by molar-refractivity contribution is 0.0963. The molecule has 0 amide bonds. The van der Waals surface area contributed by atoms with E-state index >= 15 is 0 Å². The van der Waals surface area contributed by atoms with Crippen LogP contribution < -0.4 is 0 Å². The monoisotopic (exact) mass is 414 g/mol. The molecule has 0 saturated heterocycles. The lowest BCUT2D eigenvalue weighted by Crippen LogP contribution is -2.09. The van der Waals surface area contributed by atoms with Crippen molar-refractivity contribution in [3.8, 4) is 11.4 Å². The molecule has 0 saturated carbocycles. The number of carbonyl (C=O) groups is 1. The van der Waals surface area contributed by atoms with Gasteiger partial charge in [-0.3, -0.25) is 4.79 Å². The average molecular weight is 414 g/mol. The molecule has 156 valence electrons. The zero-order valence-electron chi connectivity index (χ0n) is 17.2. The van der Waals surface area contributed by atoms with Crippen molar-refractivity contribution >= 4 is 5.78 Å². The summed E-state index contributed by atoms with van der Waals surface area (Å²) in [4.78, 5) is 18.7. The summed E-state index contributed by atoms with van der Waals surface area (Å²) < 4.78 is 5.22. The summed E-state index contributed by atoms with van der Waals surface area (Å²) in [7, 11) is 0. The van der Waals surface area contributed by atoms with Gasteiger partial charge in [0.05, 0.1) is 6.54 Å². The van der Waals surface area contributed by atoms with E-state index in [1.165, 1.54) is 15.9 Å². The van der Waals surface area contributed by atoms with Crippen LogP contribution in [0.2, 0.25) is 0 Å². The molecular weight excluding hydrogens is 392 g/mol. The van der Waals surface area contributed by atoms with Crippen molar-refractivity contribution in [1.82, 2.24) is 30.3 Å². The topological polar surface area (TPSA) is 99.6 Å². The summed E-state index contributed by atoms with van der Waals surface area (Å²) in [6, 6.07) is 16.1. The summed E-state index contributed by atoms with van der Waals surface area (Å²) in [5.74, 6) is 1.51. The molecule has 1 aliphatic carbocycles. The van der Waals surface area contributed by atoms with Gasteiger partial charge in [-0.2, -0.15) is 9.78 Å². The Morgan fingerprint density at radius 1 is 1.19 bits per heavy atom. The third-order valence-electron chi connectivity index (χ3n) is 5.67. The molecule has 8 heteroatoms. The number of carbonyl (C=O) groups excluding carboxylic acids is 1. The van der Waals surface area contributed by atoms with Gasteiger partial charge < -0.3 is 4.52 Å². The molecule has 0 bridgehead atoms.